The van der Waals surface area contributed by atoms with Crippen LogP contribution >= 0.6 is 0 Å². The molecule has 1 aliphatic rings. The third-order valence-electron chi connectivity index (χ3n) is 3.61. The van der Waals surface area contributed by atoms with Crippen LogP contribution in [-0.2, 0) is 9.59 Å². The molecule has 0 amide bonds. The van der Waals surface area contributed by atoms with Crippen LogP contribution < -0.4 is 27.6 Å². The molecule has 0 saturated carbocycles. The van der Waals surface area contributed by atoms with Crippen molar-refractivity contribution >= 4 is 18.0 Å². The number of hydrogen-bond acceptors (Lipinski definition) is 6. The van der Waals surface area contributed by atoms with Crippen molar-refractivity contribution in [2.45, 2.75) is 50.6 Å². The SMILES string of the molecule is NC(N)=NCCC[C@H](C=O)NNC1CCCCNCCC1=O. The summed E-state index contributed by atoms with van der Waals surface area (Å²) in [5, 5.41) is 3.24. The Kier molecular flexibility index (Phi) is 9.36. The number of rotatable bonds is 8. The van der Waals surface area contributed by atoms with Crippen LogP contribution in [0.2, 0.25) is 0 Å². The lowest BCUT2D eigenvalue weighted by Gasteiger charge is -2.20. The normalized spacial score (nSPS) is 21.3. The van der Waals surface area contributed by atoms with Gasteiger partial charge in [-0.05, 0) is 32.2 Å². The lowest BCUT2D eigenvalue weighted by molar-refractivity contribution is -0.121. The predicted octanol–water partition coefficient (Wildman–Crippen LogP) is -1.20. The van der Waals surface area contributed by atoms with Gasteiger partial charge in [0.25, 0.3) is 0 Å². The highest BCUT2D eigenvalue weighted by molar-refractivity contribution is 5.84. The zero-order chi connectivity index (χ0) is 16.2. The number of nitrogens with one attached hydrogen (secondary N) is 3. The van der Waals surface area contributed by atoms with Gasteiger partial charge in [-0.15, -0.1) is 0 Å². The zero-order valence-corrected chi connectivity index (χ0v) is 13.0. The fourth-order valence-electron chi connectivity index (χ4n) is 2.32. The monoisotopic (exact) mass is 312 g/mol. The molecule has 8 nitrogen and oxygen atoms in total. The van der Waals surface area contributed by atoms with Gasteiger partial charge in [-0.25, -0.2) is 10.9 Å². The Bertz CT molecular complexity index is 370. The molecule has 1 fully saturated rings. The third-order valence-corrected chi connectivity index (χ3v) is 3.61. The maximum atomic E-state index is 12.1. The Morgan fingerprint density at radius 2 is 2.23 bits per heavy atom. The maximum absolute atomic E-state index is 12.1. The van der Waals surface area contributed by atoms with E-state index in [0.717, 1.165) is 32.1 Å². The van der Waals surface area contributed by atoms with Crippen molar-refractivity contribution in [2.75, 3.05) is 19.6 Å². The Balaban J connectivity index is 2.34. The fourth-order valence-corrected chi connectivity index (χ4v) is 2.32. The second-order valence-corrected chi connectivity index (χ2v) is 5.49. The van der Waals surface area contributed by atoms with E-state index in [4.69, 9.17) is 11.5 Å². The number of aldehydes is 1. The standard InChI is InChI=1S/C14H28N6O2/c15-14(16)18-8-3-4-11(10-21)19-20-12-5-1-2-7-17-9-6-13(12)22/h10-12,17,19-20H,1-9H2,(H4,15,16,18)/t11-,12?/m1/s1. The lowest BCUT2D eigenvalue weighted by Crippen LogP contribution is -2.50. The summed E-state index contributed by atoms with van der Waals surface area (Å²) in [5.41, 5.74) is 16.5. The molecule has 1 aliphatic heterocycles. The second-order valence-electron chi connectivity index (χ2n) is 5.49. The molecule has 2 atom stereocenters. The van der Waals surface area contributed by atoms with Crippen LogP contribution in [0.4, 0.5) is 0 Å². The topological polar surface area (TPSA) is 135 Å². The summed E-state index contributed by atoms with van der Waals surface area (Å²) in [6, 6.07) is -0.590. The highest BCUT2D eigenvalue weighted by Crippen LogP contribution is 2.06. The number of hydrazine groups is 1. The molecular formula is C14H28N6O2. The maximum Gasteiger partial charge on any atom is 0.185 e. The largest absolute Gasteiger partial charge is 0.370 e. The molecule has 0 radical (unpaired) electrons. The minimum atomic E-state index is -0.354. The van der Waals surface area contributed by atoms with Crippen LogP contribution in [0.15, 0.2) is 4.99 Å². The number of nitrogens with two attached hydrogens (primary N) is 2. The van der Waals surface area contributed by atoms with E-state index >= 15 is 0 Å². The number of aliphatic imine (C=N–C) groups is 1. The molecule has 0 spiro atoms. The van der Waals surface area contributed by atoms with E-state index in [1.807, 2.05) is 0 Å². The van der Waals surface area contributed by atoms with Crippen LogP contribution in [0, 0.1) is 0 Å². The summed E-state index contributed by atoms with van der Waals surface area (Å²) >= 11 is 0. The molecular weight excluding hydrogens is 284 g/mol. The summed E-state index contributed by atoms with van der Waals surface area (Å²) in [6.45, 7) is 2.16. The molecule has 126 valence electrons. The molecule has 0 aromatic carbocycles. The molecule has 0 bridgehead atoms. The van der Waals surface area contributed by atoms with Gasteiger partial charge in [0, 0.05) is 19.5 Å². The molecule has 1 heterocycles. The Labute approximate surface area is 131 Å². The zero-order valence-electron chi connectivity index (χ0n) is 13.0. The molecule has 7 N–H and O–H groups in total. The van der Waals surface area contributed by atoms with Gasteiger partial charge in [0.05, 0.1) is 12.1 Å². The summed E-state index contributed by atoms with van der Waals surface area (Å²) < 4.78 is 0. The lowest BCUT2D eigenvalue weighted by atomic mass is 10.0. The molecule has 0 aliphatic carbocycles. The smallest absolute Gasteiger partial charge is 0.185 e. The van der Waals surface area contributed by atoms with Crippen LogP contribution in [0.1, 0.15) is 38.5 Å². The Hall–Kier alpha value is -1.51. The molecule has 1 saturated heterocycles. The number of Topliss-reactive ketones (excluding diaryl/α,β-unsaturated/α-hetero) is 1. The minimum absolute atomic E-state index is 0.0542. The summed E-state index contributed by atoms with van der Waals surface area (Å²) in [7, 11) is 0. The van der Waals surface area contributed by atoms with Crippen LogP contribution in [0.3, 0.4) is 0 Å². The average molecular weight is 312 g/mol. The van der Waals surface area contributed by atoms with Crippen molar-refractivity contribution in [1.82, 2.24) is 16.2 Å². The first-order chi connectivity index (χ1) is 10.6. The summed E-state index contributed by atoms with van der Waals surface area (Å²) in [6.07, 6.45) is 5.47. The van der Waals surface area contributed by atoms with E-state index in [2.05, 4.69) is 21.2 Å². The first kappa shape index (κ1) is 18.5. The minimum Gasteiger partial charge on any atom is -0.370 e. The van der Waals surface area contributed by atoms with E-state index in [-0.39, 0.29) is 23.8 Å². The van der Waals surface area contributed by atoms with Gasteiger partial charge in [0.2, 0.25) is 0 Å². The number of guanidine groups is 1. The van der Waals surface area contributed by atoms with Gasteiger partial charge in [-0.3, -0.25) is 9.79 Å². The van der Waals surface area contributed by atoms with E-state index in [1.54, 1.807) is 0 Å². The number of ketones is 1. The summed E-state index contributed by atoms with van der Waals surface area (Å²) in [4.78, 5) is 27.0. The third kappa shape index (κ3) is 8.06. The Morgan fingerprint density at radius 1 is 1.41 bits per heavy atom. The number of carbonyl (C=O) groups excluding carboxylic acids is 2. The molecule has 22 heavy (non-hydrogen) atoms. The Morgan fingerprint density at radius 3 is 2.95 bits per heavy atom. The van der Waals surface area contributed by atoms with Gasteiger partial charge >= 0.3 is 0 Å². The molecule has 8 heteroatoms. The van der Waals surface area contributed by atoms with Crippen molar-refractivity contribution in [3.05, 3.63) is 0 Å². The number of hydrogen-bond donors (Lipinski definition) is 5. The van der Waals surface area contributed by atoms with Crippen LogP contribution in [0.25, 0.3) is 0 Å². The van der Waals surface area contributed by atoms with Crippen molar-refractivity contribution in [3.63, 3.8) is 0 Å². The molecule has 0 aromatic rings. The number of nitrogens with zero attached hydrogens (tertiary/aromatic N) is 1. The van der Waals surface area contributed by atoms with Gasteiger partial charge < -0.3 is 21.6 Å². The van der Waals surface area contributed by atoms with Crippen molar-refractivity contribution in [2.24, 2.45) is 16.5 Å². The van der Waals surface area contributed by atoms with E-state index < -0.39 is 0 Å². The predicted molar refractivity (Wildman–Crippen MR) is 86.2 cm³/mol. The summed E-state index contributed by atoms with van der Waals surface area (Å²) in [5.74, 6) is 0.227. The number of carbonyl (C=O) groups is 2. The van der Waals surface area contributed by atoms with Crippen molar-refractivity contribution in [3.8, 4) is 0 Å². The van der Waals surface area contributed by atoms with Gasteiger partial charge in [-0.1, -0.05) is 6.42 Å². The van der Waals surface area contributed by atoms with Gasteiger partial charge in [0.1, 0.15) is 6.29 Å². The van der Waals surface area contributed by atoms with Crippen LogP contribution in [-0.4, -0.2) is 49.7 Å². The first-order valence-electron chi connectivity index (χ1n) is 7.88. The van der Waals surface area contributed by atoms with Crippen molar-refractivity contribution < 1.29 is 9.59 Å². The van der Waals surface area contributed by atoms with Crippen molar-refractivity contribution in [1.29, 1.82) is 0 Å². The molecule has 1 unspecified atom stereocenters. The molecule has 0 aromatic heterocycles. The van der Waals surface area contributed by atoms with Gasteiger partial charge in [0.15, 0.2) is 11.7 Å². The quantitative estimate of drug-likeness (QED) is 0.125. The highest BCUT2D eigenvalue weighted by atomic mass is 16.1. The fraction of sp³-hybridized carbons (Fsp3) is 0.786. The van der Waals surface area contributed by atoms with Crippen LogP contribution in [0.5, 0.6) is 0 Å². The highest BCUT2D eigenvalue weighted by Gasteiger charge is 2.19. The van der Waals surface area contributed by atoms with E-state index in [1.165, 1.54) is 0 Å². The van der Waals surface area contributed by atoms with Gasteiger partial charge in [-0.2, -0.15) is 0 Å². The second kappa shape index (κ2) is 11.1. The van der Waals surface area contributed by atoms with E-state index in [0.29, 0.717) is 32.4 Å². The first-order valence-corrected chi connectivity index (χ1v) is 7.88. The van der Waals surface area contributed by atoms with E-state index in [9.17, 15) is 9.59 Å². The average Bonchev–Trinajstić information content (AvgIpc) is 2.59. The molecule has 1 rings (SSSR count).